The van der Waals surface area contributed by atoms with Gasteiger partial charge >= 0.3 is 0 Å². The van der Waals surface area contributed by atoms with Crippen LogP contribution >= 0.6 is 0 Å². The normalized spacial score (nSPS) is 9.93. The van der Waals surface area contributed by atoms with Crippen LogP contribution in [0.15, 0.2) is 72.8 Å². The van der Waals surface area contributed by atoms with Crippen LogP contribution in [0.2, 0.25) is 0 Å². The molecule has 0 aliphatic rings. The molecule has 6 heteroatoms. The molecule has 0 atom stereocenters. The highest BCUT2D eigenvalue weighted by Crippen LogP contribution is 2.25. The van der Waals surface area contributed by atoms with Crippen molar-refractivity contribution in [1.82, 2.24) is 0 Å². The van der Waals surface area contributed by atoms with Gasteiger partial charge in [-0.05, 0) is 48.0 Å². The molecule has 0 aromatic heterocycles. The van der Waals surface area contributed by atoms with Crippen LogP contribution in [0.4, 0.5) is 5.69 Å². The number of ether oxygens (including phenoxy) is 3. The Labute approximate surface area is 169 Å². The van der Waals surface area contributed by atoms with Crippen molar-refractivity contribution in [2.45, 2.75) is 6.61 Å². The number of methoxy groups -OCH3 is 1. The highest BCUT2D eigenvalue weighted by Gasteiger charge is 2.09. The molecule has 0 saturated carbocycles. The second-order valence-electron chi connectivity index (χ2n) is 6.11. The van der Waals surface area contributed by atoms with Gasteiger partial charge in [-0.25, -0.2) is 0 Å². The van der Waals surface area contributed by atoms with Crippen LogP contribution in [-0.2, 0) is 11.4 Å². The summed E-state index contributed by atoms with van der Waals surface area (Å²) in [5.74, 6) is 1.37. The maximum atomic E-state index is 12.2. The van der Waals surface area contributed by atoms with Crippen molar-refractivity contribution < 1.29 is 19.0 Å². The van der Waals surface area contributed by atoms with Gasteiger partial charge in [0.05, 0.1) is 24.4 Å². The van der Waals surface area contributed by atoms with E-state index in [0.717, 1.165) is 5.56 Å². The molecule has 0 radical (unpaired) electrons. The lowest BCUT2D eigenvalue weighted by atomic mass is 10.2. The molecular formula is C23H20N2O4. The quantitative estimate of drug-likeness (QED) is 0.627. The van der Waals surface area contributed by atoms with Crippen molar-refractivity contribution >= 4 is 11.6 Å². The first-order valence-corrected chi connectivity index (χ1v) is 8.95. The first-order chi connectivity index (χ1) is 14.2. The van der Waals surface area contributed by atoms with Gasteiger partial charge in [0.2, 0.25) is 0 Å². The molecule has 0 aliphatic carbocycles. The van der Waals surface area contributed by atoms with Crippen LogP contribution in [0.5, 0.6) is 17.2 Å². The topological polar surface area (TPSA) is 80.6 Å². The number of nitrogens with zero attached hydrogens (tertiary/aromatic N) is 1. The molecule has 3 rings (SSSR count). The van der Waals surface area contributed by atoms with Gasteiger partial charge in [0, 0.05) is 0 Å². The van der Waals surface area contributed by atoms with Crippen molar-refractivity contribution in [1.29, 1.82) is 5.26 Å². The summed E-state index contributed by atoms with van der Waals surface area (Å²) in [5, 5.41) is 11.7. The Kier molecular flexibility index (Phi) is 6.69. The Morgan fingerprint density at radius 1 is 0.966 bits per heavy atom. The first kappa shape index (κ1) is 19.8. The number of nitrogens with one attached hydrogen (secondary N) is 1. The number of rotatable bonds is 8. The van der Waals surface area contributed by atoms with Crippen molar-refractivity contribution in [2.75, 3.05) is 19.0 Å². The zero-order valence-corrected chi connectivity index (χ0v) is 15.9. The Balaban J connectivity index is 1.51. The van der Waals surface area contributed by atoms with E-state index in [4.69, 9.17) is 19.5 Å². The van der Waals surface area contributed by atoms with Crippen LogP contribution in [0.3, 0.4) is 0 Å². The fraction of sp³-hybridized carbons (Fsp3) is 0.130. The molecule has 0 aliphatic heterocycles. The van der Waals surface area contributed by atoms with Gasteiger partial charge in [-0.3, -0.25) is 4.79 Å². The Hall–Kier alpha value is -3.98. The minimum Gasteiger partial charge on any atom is -0.495 e. The summed E-state index contributed by atoms with van der Waals surface area (Å²) >= 11 is 0. The number of amides is 1. The lowest BCUT2D eigenvalue weighted by Crippen LogP contribution is -2.20. The van der Waals surface area contributed by atoms with E-state index in [1.165, 1.54) is 7.11 Å². The number of hydrogen-bond acceptors (Lipinski definition) is 5. The summed E-state index contributed by atoms with van der Waals surface area (Å²) in [6.45, 7) is 0.303. The molecule has 0 heterocycles. The van der Waals surface area contributed by atoms with Gasteiger partial charge in [0.25, 0.3) is 5.91 Å². The molecule has 6 nitrogen and oxygen atoms in total. The van der Waals surface area contributed by atoms with Gasteiger partial charge in [0.1, 0.15) is 23.9 Å². The van der Waals surface area contributed by atoms with E-state index in [1.54, 1.807) is 42.5 Å². The maximum absolute atomic E-state index is 12.2. The number of nitriles is 1. The highest BCUT2D eigenvalue weighted by molar-refractivity contribution is 5.93. The summed E-state index contributed by atoms with van der Waals surface area (Å²) in [5.41, 5.74) is 1.93. The van der Waals surface area contributed by atoms with Crippen LogP contribution in [0.1, 0.15) is 11.1 Å². The van der Waals surface area contributed by atoms with Crippen molar-refractivity contribution in [3.05, 3.63) is 83.9 Å². The number of hydrogen-bond donors (Lipinski definition) is 1. The number of carbonyl (C=O) groups excluding carboxylic acids is 1. The Morgan fingerprint density at radius 3 is 2.31 bits per heavy atom. The molecule has 1 N–H and O–H groups in total. The van der Waals surface area contributed by atoms with Crippen molar-refractivity contribution in [2.24, 2.45) is 0 Å². The predicted molar refractivity (Wildman–Crippen MR) is 109 cm³/mol. The molecular weight excluding hydrogens is 368 g/mol. The summed E-state index contributed by atoms with van der Waals surface area (Å²) < 4.78 is 16.4. The lowest BCUT2D eigenvalue weighted by molar-refractivity contribution is -0.118. The van der Waals surface area contributed by atoms with Gasteiger partial charge in [0.15, 0.2) is 6.61 Å². The molecule has 3 aromatic rings. The van der Waals surface area contributed by atoms with Crippen LogP contribution in [0.25, 0.3) is 0 Å². The van der Waals surface area contributed by atoms with Crippen LogP contribution < -0.4 is 19.5 Å². The summed E-state index contributed by atoms with van der Waals surface area (Å²) in [6, 6.07) is 23.8. The monoisotopic (exact) mass is 388 g/mol. The zero-order chi connectivity index (χ0) is 20.5. The minimum atomic E-state index is -0.359. The third kappa shape index (κ3) is 5.75. The molecule has 0 unspecified atom stereocenters. The average Bonchev–Trinajstić information content (AvgIpc) is 2.77. The van der Waals surface area contributed by atoms with Crippen molar-refractivity contribution in [3.8, 4) is 23.3 Å². The van der Waals surface area contributed by atoms with Crippen LogP contribution in [0, 0.1) is 11.3 Å². The molecule has 0 fully saturated rings. The van der Waals surface area contributed by atoms with E-state index in [1.807, 2.05) is 36.4 Å². The van der Waals surface area contributed by atoms with Crippen LogP contribution in [-0.4, -0.2) is 19.6 Å². The fourth-order valence-corrected chi connectivity index (χ4v) is 2.58. The lowest BCUT2D eigenvalue weighted by Gasteiger charge is -2.11. The van der Waals surface area contributed by atoms with Gasteiger partial charge in [-0.15, -0.1) is 0 Å². The zero-order valence-electron chi connectivity index (χ0n) is 15.9. The molecule has 146 valence electrons. The Bertz CT molecular complexity index is 996. The SMILES string of the molecule is COc1ccc(C#N)cc1NC(=O)COc1ccc(OCc2ccccc2)cc1. The third-order valence-electron chi connectivity index (χ3n) is 4.04. The first-order valence-electron chi connectivity index (χ1n) is 8.95. The van der Waals surface area contributed by atoms with Gasteiger partial charge in [-0.1, -0.05) is 30.3 Å². The fourth-order valence-electron chi connectivity index (χ4n) is 2.58. The summed E-state index contributed by atoms with van der Waals surface area (Å²) in [6.07, 6.45) is 0. The number of anilines is 1. The van der Waals surface area contributed by atoms with E-state index >= 15 is 0 Å². The smallest absolute Gasteiger partial charge is 0.262 e. The minimum absolute atomic E-state index is 0.176. The second-order valence-corrected chi connectivity index (χ2v) is 6.11. The van der Waals surface area contributed by atoms with E-state index in [-0.39, 0.29) is 12.5 Å². The van der Waals surface area contributed by atoms with E-state index in [9.17, 15) is 4.79 Å². The number of carbonyl (C=O) groups is 1. The molecule has 1 amide bonds. The largest absolute Gasteiger partial charge is 0.495 e. The highest BCUT2D eigenvalue weighted by atomic mass is 16.5. The molecule has 3 aromatic carbocycles. The summed E-state index contributed by atoms with van der Waals surface area (Å²) in [7, 11) is 1.49. The summed E-state index contributed by atoms with van der Waals surface area (Å²) in [4.78, 5) is 12.2. The number of benzene rings is 3. The van der Waals surface area contributed by atoms with Gasteiger partial charge < -0.3 is 19.5 Å². The maximum Gasteiger partial charge on any atom is 0.262 e. The van der Waals surface area contributed by atoms with Gasteiger partial charge in [-0.2, -0.15) is 5.26 Å². The average molecular weight is 388 g/mol. The van der Waals surface area contributed by atoms with Crippen molar-refractivity contribution in [3.63, 3.8) is 0 Å². The molecule has 0 spiro atoms. The van der Waals surface area contributed by atoms with E-state index < -0.39 is 0 Å². The molecule has 0 saturated heterocycles. The Morgan fingerprint density at radius 2 is 1.66 bits per heavy atom. The van der Waals surface area contributed by atoms with E-state index in [2.05, 4.69) is 5.32 Å². The molecule has 0 bridgehead atoms. The predicted octanol–water partition coefficient (Wildman–Crippen LogP) is 4.16. The standard InChI is InChI=1S/C23H20N2O4/c1-27-22-12-7-18(14-24)13-21(22)25-23(26)16-29-20-10-8-19(9-11-20)28-15-17-5-3-2-4-6-17/h2-13H,15-16H2,1H3,(H,25,26). The molecule has 29 heavy (non-hydrogen) atoms. The van der Waals surface area contributed by atoms with E-state index in [0.29, 0.717) is 35.1 Å². The second kappa shape index (κ2) is 9.81. The third-order valence-corrected chi connectivity index (χ3v) is 4.04.